The number of carbonyl (C=O) groups is 1. The molecule has 0 fully saturated rings. The van der Waals surface area contributed by atoms with Gasteiger partial charge in [-0.25, -0.2) is 0 Å². The summed E-state index contributed by atoms with van der Waals surface area (Å²) in [5.74, 6) is 0.610. The molecule has 1 amide bonds. The van der Waals surface area contributed by atoms with Crippen LogP contribution in [0.5, 0.6) is 5.75 Å². The van der Waals surface area contributed by atoms with Crippen molar-refractivity contribution in [2.75, 3.05) is 26.2 Å². The van der Waals surface area contributed by atoms with E-state index in [2.05, 4.69) is 21.7 Å². The van der Waals surface area contributed by atoms with E-state index in [-0.39, 0.29) is 5.91 Å². The van der Waals surface area contributed by atoms with Crippen LogP contribution in [0.1, 0.15) is 21.5 Å². The van der Waals surface area contributed by atoms with Gasteiger partial charge in [0.1, 0.15) is 12.4 Å². The molecule has 0 atom stereocenters. The molecule has 0 bridgehead atoms. The van der Waals surface area contributed by atoms with Crippen LogP contribution in [0.25, 0.3) is 0 Å². The molecule has 2 heterocycles. The van der Waals surface area contributed by atoms with Gasteiger partial charge in [-0.15, -0.1) is 0 Å². The van der Waals surface area contributed by atoms with E-state index in [1.54, 1.807) is 24.5 Å². The Hall–Kier alpha value is -2.11. The number of amides is 1. The normalized spacial score (nSPS) is 13.7. The smallest absolute Gasteiger partial charge is 0.251 e. The monoisotopic (exact) mass is 345 g/mol. The average Bonchev–Trinajstić information content (AvgIpc) is 2.86. The molecular weight excluding hydrogens is 326 g/mol. The van der Waals surface area contributed by atoms with Crippen LogP contribution in [-0.4, -0.2) is 37.1 Å². The highest BCUT2D eigenvalue weighted by atomic mass is 35.5. The number of hydrogen-bond donors (Lipinski definition) is 2. The highest BCUT2D eigenvalue weighted by Gasteiger charge is 2.16. The number of nitrogens with one attached hydrogen (secondary N) is 2. The fourth-order valence-corrected chi connectivity index (χ4v) is 3.02. The minimum Gasteiger partial charge on any atom is -0.490 e. The van der Waals surface area contributed by atoms with Gasteiger partial charge in [-0.05, 0) is 49.7 Å². The fourth-order valence-electron chi connectivity index (χ4n) is 2.79. The molecule has 0 radical (unpaired) electrons. The van der Waals surface area contributed by atoms with E-state index >= 15 is 0 Å². The Morgan fingerprint density at radius 3 is 2.83 bits per heavy atom. The first-order valence-electron chi connectivity index (χ1n) is 8.07. The van der Waals surface area contributed by atoms with Crippen molar-refractivity contribution in [3.05, 3.63) is 58.4 Å². The lowest BCUT2D eigenvalue weighted by Gasteiger charge is -2.15. The Morgan fingerprint density at radius 1 is 1.21 bits per heavy atom. The van der Waals surface area contributed by atoms with Crippen molar-refractivity contribution >= 4 is 17.5 Å². The van der Waals surface area contributed by atoms with Gasteiger partial charge in [0.25, 0.3) is 5.91 Å². The Bertz CT molecular complexity index is 707. The SMILES string of the molecule is O=C(NCCOc1c(Cl)ccc2c1CCNCC2)c1ccncc1. The molecule has 126 valence electrons. The van der Waals surface area contributed by atoms with Crippen molar-refractivity contribution in [2.24, 2.45) is 0 Å². The minimum atomic E-state index is -0.136. The van der Waals surface area contributed by atoms with Crippen LogP contribution in [0, 0.1) is 0 Å². The number of aromatic nitrogens is 1. The maximum atomic E-state index is 12.0. The summed E-state index contributed by atoms with van der Waals surface area (Å²) in [6.45, 7) is 2.68. The van der Waals surface area contributed by atoms with E-state index in [9.17, 15) is 4.79 Å². The summed E-state index contributed by atoms with van der Waals surface area (Å²) >= 11 is 6.31. The lowest BCUT2D eigenvalue weighted by atomic mass is 10.0. The van der Waals surface area contributed by atoms with Crippen molar-refractivity contribution in [3.8, 4) is 5.75 Å². The Morgan fingerprint density at radius 2 is 2.00 bits per heavy atom. The first-order valence-corrected chi connectivity index (χ1v) is 8.45. The zero-order valence-electron chi connectivity index (χ0n) is 13.3. The van der Waals surface area contributed by atoms with E-state index < -0.39 is 0 Å². The van der Waals surface area contributed by atoms with Crippen molar-refractivity contribution < 1.29 is 9.53 Å². The maximum absolute atomic E-state index is 12.0. The lowest BCUT2D eigenvalue weighted by Crippen LogP contribution is -2.28. The predicted octanol–water partition coefficient (Wildman–Crippen LogP) is 2.23. The van der Waals surface area contributed by atoms with Crippen LogP contribution >= 0.6 is 11.6 Å². The second kappa shape index (κ2) is 8.13. The Balaban J connectivity index is 1.58. The first-order chi connectivity index (χ1) is 11.8. The number of fused-ring (bicyclic) bond motifs is 1. The van der Waals surface area contributed by atoms with Gasteiger partial charge in [0.15, 0.2) is 0 Å². The molecule has 0 saturated carbocycles. The fraction of sp³-hybridized carbons (Fsp3) is 0.333. The lowest BCUT2D eigenvalue weighted by molar-refractivity contribution is 0.0947. The number of benzene rings is 1. The molecule has 5 nitrogen and oxygen atoms in total. The van der Waals surface area contributed by atoms with E-state index in [4.69, 9.17) is 16.3 Å². The molecule has 3 rings (SSSR count). The van der Waals surface area contributed by atoms with Gasteiger partial charge in [0.05, 0.1) is 11.6 Å². The summed E-state index contributed by atoms with van der Waals surface area (Å²) in [6.07, 6.45) is 5.06. The third-order valence-electron chi connectivity index (χ3n) is 4.01. The molecule has 6 heteroatoms. The zero-order valence-corrected chi connectivity index (χ0v) is 14.1. The molecule has 0 spiro atoms. The van der Waals surface area contributed by atoms with E-state index in [0.29, 0.717) is 23.7 Å². The molecule has 1 aliphatic heterocycles. The number of ether oxygens (including phenoxy) is 1. The van der Waals surface area contributed by atoms with Crippen molar-refractivity contribution in [1.82, 2.24) is 15.6 Å². The van der Waals surface area contributed by atoms with Crippen molar-refractivity contribution in [1.29, 1.82) is 0 Å². The molecule has 0 unspecified atom stereocenters. The molecule has 0 saturated heterocycles. The Kier molecular flexibility index (Phi) is 5.67. The second-order valence-electron chi connectivity index (χ2n) is 5.60. The standard InChI is InChI=1S/C18H20ClN3O2/c19-16-2-1-13-3-7-21-10-6-15(13)17(16)24-12-11-22-18(23)14-4-8-20-9-5-14/h1-2,4-5,8-9,21H,3,6-7,10-12H2,(H,22,23). The molecule has 1 aliphatic rings. The van der Waals surface area contributed by atoms with Gasteiger partial charge in [-0.1, -0.05) is 17.7 Å². The zero-order chi connectivity index (χ0) is 16.8. The third kappa shape index (κ3) is 4.04. The largest absolute Gasteiger partial charge is 0.490 e. The summed E-state index contributed by atoms with van der Waals surface area (Å²) in [4.78, 5) is 15.9. The van der Waals surface area contributed by atoms with Gasteiger partial charge < -0.3 is 15.4 Å². The van der Waals surface area contributed by atoms with Crippen LogP contribution in [0.2, 0.25) is 5.02 Å². The summed E-state index contributed by atoms with van der Waals surface area (Å²) in [7, 11) is 0. The topological polar surface area (TPSA) is 63.2 Å². The number of rotatable bonds is 5. The summed E-state index contributed by atoms with van der Waals surface area (Å²) in [6, 6.07) is 7.31. The summed E-state index contributed by atoms with van der Waals surface area (Å²) in [5.41, 5.74) is 3.04. The highest BCUT2D eigenvalue weighted by molar-refractivity contribution is 6.32. The minimum absolute atomic E-state index is 0.136. The van der Waals surface area contributed by atoms with Gasteiger partial charge in [-0.2, -0.15) is 0 Å². The number of carbonyl (C=O) groups excluding carboxylic acids is 1. The highest BCUT2D eigenvalue weighted by Crippen LogP contribution is 2.32. The molecule has 24 heavy (non-hydrogen) atoms. The summed E-state index contributed by atoms with van der Waals surface area (Å²) < 4.78 is 5.89. The first kappa shape index (κ1) is 16.7. The van der Waals surface area contributed by atoms with E-state index in [0.717, 1.165) is 31.7 Å². The van der Waals surface area contributed by atoms with Crippen molar-refractivity contribution in [3.63, 3.8) is 0 Å². The molecule has 2 N–H and O–H groups in total. The van der Waals surface area contributed by atoms with E-state index in [1.807, 2.05) is 6.07 Å². The average molecular weight is 346 g/mol. The Labute approximate surface area is 146 Å². The van der Waals surface area contributed by atoms with Gasteiger partial charge >= 0.3 is 0 Å². The molecule has 2 aromatic rings. The molecular formula is C18H20ClN3O2. The third-order valence-corrected chi connectivity index (χ3v) is 4.31. The summed E-state index contributed by atoms with van der Waals surface area (Å²) in [5, 5.41) is 6.84. The molecule has 1 aromatic carbocycles. The van der Waals surface area contributed by atoms with Crippen molar-refractivity contribution in [2.45, 2.75) is 12.8 Å². The predicted molar refractivity (Wildman–Crippen MR) is 93.8 cm³/mol. The molecule has 1 aromatic heterocycles. The number of halogens is 1. The van der Waals surface area contributed by atoms with Crippen LogP contribution in [0.4, 0.5) is 0 Å². The maximum Gasteiger partial charge on any atom is 0.251 e. The van der Waals surface area contributed by atoms with Crippen LogP contribution < -0.4 is 15.4 Å². The van der Waals surface area contributed by atoms with Crippen LogP contribution in [0.3, 0.4) is 0 Å². The van der Waals surface area contributed by atoms with Crippen LogP contribution in [0.15, 0.2) is 36.7 Å². The van der Waals surface area contributed by atoms with Crippen LogP contribution in [-0.2, 0) is 12.8 Å². The van der Waals surface area contributed by atoms with Gasteiger partial charge in [-0.3, -0.25) is 9.78 Å². The molecule has 0 aliphatic carbocycles. The van der Waals surface area contributed by atoms with Gasteiger partial charge in [0.2, 0.25) is 0 Å². The van der Waals surface area contributed by atoms with Gasteiger partial charge in [0, 0.05) is 23.5 Å². The quantitative estimate of drug-likeness (QED) is 0.816. The van der Waals surface area contributed by atoms with E-state index in [1.165, 1.54) is 11.1 Å². The number of nitrogens with zero attached hydrogens (tertiary/aromatic N) is 1. The second-order valence-corrected chi connectivity index (χ2v) is 6.01. The number of hydrogen-bond acceptors (Lipinski definition) is 4. The number of pyridine rings is 1.